The number of hydrogen-bond donors (Lipinski definition) is 2. The number of hydrogen-bond acceptors (Lipinski definition) is 4. The average Bonchev–Trinajstić information content (AvgIpc) is 2.20. The molecule has 0 saturated heterocycles. The minimum atomic E-state index is -4.57. The second-order valence-electron chi connectivity index (χ2n) is 3.62. The van der Waals surface area contributed by atoms with Gasteiger partial charge in [-0.15, -0.1) is 0 Å². The third-order valence-corrected chi connectivity index (χ3v) is 3.93. The van der Waals surface area contributed by atoms with Crippen molar-refractivity contribution in [1.82, 2.24) is 0 Å². The van der Waals surface area contributed by atoms with Gasteiger partial charge >= 0.3 is 11.0 Å². The zero-order valence-corrected chi connectivity index (χ0v) is 11.3. The third kappa shape index (κ3) is 11.7. The van der Waals surface area contributed by atoms with Crippen molar-refractivity contribution in [2.24, 2.45) is 0 Å². The summed E-state index contributed by atoms with van der Waals surface area (Å²) < 4.78 is 72.2. The molecule has 2 nitrogen and oxygen atoms in total. The summed E-state index contributed by atoms with van der Waals surface area (Å²) in [4.78, 5) is 0. The summed E-state index contributed by atoms with van der Waals surface area (Å²) in [6.45, 7) is -0.334. The first-order chi connectivity index (χ1) is 8.55. The molecule has 0 aromatic rings. The molecule has 0 aromatic carbocycles. The number of aliphatic hydroxyl groups excluding tert-OH is 2. The van der Waals surface area contributed by atoms with Gasteiger partial charge in [-0.05, 0) is 31.0 Å². The van der Waals surface area contributed by atoms with Crippen molar-refractivity contribution in [2.75, 3.05) is 12.4 Å². The molecule has 0 spiro atoms. The second-order valence-corrected chi connectivity index (χ2v) is 6.08. The van der Waals surface area contributed by atoms with Crippen molar-refractivity contribution in [3.63, 3.8) is 0 Å². The van der Waals surface area contributed by atoms with Crippen molar-refractivity contribution in [1.29, 1.82) is 0 Å². The highest BCUT2D eigenvalue weighted by molar-refractivity contribution is 8.00. The molecule has 2 unspecified atom stereocenters. The molecule has 0 aliphatic rings. The van der Waals surface area contributed by atoms with Gasteiger partial charge < -0.3 is 10.2 Å². The lowest BCUT2D eigenvalue weighted by Crippen LogP contribution is -2.27. The van der Waals surface area contributed by atoms with E-state index in [0.717, 1.165) is 0 Å². The predicted octanol–water partition coefficient (Wildman–Crippen LogP) is 3.38. The molecule has 10 heteroatoms. The number of thioether (sulfide) groups is 2. The molecule has 19 heavy (non-hydrogen) atoms. The topological polar surface area (TPSA) is 40.5 Å². The van der Waals surface area contributed by atoms with E-state index >= 15 is 0 Å². The maximum absolute atomic E-state index is 12.2. The van der Waals surface area contributed by atoms with E-state index in [4.69, 9.17) is 5.11 Å². The van der Waals surface area contributed by atoms with Crippen molar-refractivity contribution >= 4 is 23.5 Å². The summed E-state index contributed by atoms with van der Waals surface area (Å²) in [5, 5.41) is 16.8. The molecule has 0 radical (unpaired) electrons. The number of aliphatic hydroxyl groups is 2. The average molecular weight is 332 g/mol. The summed E-state index contributed by atoms with van der Waals surface area (Å²) in [6.07, 6.45) is -1.94. The molecular weight excluding hydrogens is 318 g/mol. The predicted molar refractivity (Wildman–Crippen MR) is 62.9 cm³/mol. The molecule has 0 rings (SSSR count). The van der Waals surface area contributed by atoms with Gasteiger partial charge in [0.05, 0.1) is 6.10 Å². The maximum atomic E-state index is 12.2. The van der Waals surface area contributed by atoms with Crippen LogP contribution >= 0.6 is 23.5 Å². The first-order valence-electron chi connectivity index (χ1n) is 5.29. The minimum Gasteiger partial charge on any atom is -0.396 e. The lowest BCUT2D eigenvalue weighted by Gasteiger charge is -2.23. The number of rotatable bonds is 8. The molecule has 0 bridgehead atoms. The second kappa shape index (κ2) is 8.48. The van der Waals surface area contributed by atoms with Crippen molar-refractivity contribution in [3.8, 4) is 0 Å². The lowest BCUT2D eigenvalue weighted by molar-refractivity contribution is -0.0354. The Morgan fingerprint density at radius 1 is 0.947 bits per heavy atom. The van der Waals surface area contributed by atoms with Crippen LogP contribution in [0, 0.1) is 0 Å². The monoisotopic (exact) mass is 332 g/mol. The van der Waals surface area contributed by atoms with Gasteiger partial charge in [0.15, 0.2) is 0 Å². The molecule has 2 N–H and O–H groups in total. The van der Waals surface area contributed by atoms with Gasteiger partial charge in [-0.2, -0.15) is 26.3 Å². The Labute approximate surface area is 114 Å². The molecule has 0 fully saturated rings. The standard InChI is InChI=1S/C9H14F6O2S2/c10-8(11,12)18-5-3-6(17)7(2-1-4-16)19-9(13,14)15/h6-7,16-17H,1-5H2. The van der Waals surface area contributed by atoms with Gasteiger partial charge in [0.1, 0.15) is 0 Å². The Balaban J connectivity index is 4.25. The Kier molecular flexibility index (Phi) is 8.57. The van der Waals surface area contributed by atoms with E-state index in [0.29, 0.717) is 0 Å². The van der Waals surface area contributed by atoms with Crippen LogP contribution < -0.4 is 0 Å². The molecule has 2 atom stereocenters. The molecule has 0 aromatic heterocycles. The van der Waals surface area contributed by atoms with Crippen LogP contribution in [0.2, 0.25) is 0 Å². The quantitative estimate of drug-likeness (QED) is 0.669. The highest BCUT2D eigenvalue weighted by atomic mass is 32.2. The Bertz CT molecular complexity index is 246. The Morgan fingerprint density at radius 3 is 1.95 bits per heavy atom. The highest BCUT2D eigenvalue weighted by Gasteiger charge is 2.36. The van der Waals surface area contributed by atoms with Crippen LogP contribution in [0.1, 0.15) is 19.3 Å². The molecule has 0 saturated carbocycles. The normalized spacial score (nSPS) is 16.4. The van der Waals surface area contributed by atoms with Gasteiger partial charge in [0, 0.05) is 17.6 Å². The highest BCUT2D eigenvalue weighted by Crippen LogP contribution is 2.38. The maximum Gasteiger partial charge on any atom is 0.442 e. The van der Waals surface area contributed by atoms with Crippen LogP contribution in [-0.4, -0.2) is 44.9 Å². The van der Waals surface area contributed by atoms with Crippen LogP contribution in [0.15, 0.2) is 0 Å². The third-order valence-electron chi connectivity index (χ3n) is 2.04. The van der Waals surface area contributed by atoms with Crippen LogP contribution in [0.4, 0.5) is 26.3 Å². The van der Waals surface area contributed by atoms with E-state index in [1.807, 2.05) is 0 Å². The van der Waals surface area contributed by atoms with Gasteiger partial charge in [-0.1, -0.05) is 11.8 Å². The van der Waals surface area contributed by atoms with Gasteiger partial charge in [0.2, 0.25) is 0 Å². The van der Waals surface area contributed by atoms with Gasteiger partial charge in [-0.3, -0.25) is 0 Å². The van der Waals surface area contributed by atoms with E-state index in [1.54, 1.807) is 0 Å². The van der Waals surface area contributed by atoms with Crippen LogP contribution in [0.5, 0.6) is 0 Å². The molecule has 0 aliphatic carbocycles. The summed E-state index contributed by atoms with van der Waals surface area (Å²) in [6, 6.07) is 0. The van der Waals surface area contributed by atoms with Gasteiger partial charge in [0.25, 0.3) is 0 Å². The lowest BCUT2D eigenvalue weighted by atomic mass is 10.1. The zero-order chi connectivity index (χ0) is 15.1. The van der Waals surface area contributed by atoms with E-state index < -0.39 is 39.9 Å². The molecule has 0 aliphatic heterocycles. The fourth-order valence-electron chi connectivity index (χ4n) is 1.28. The van der Waals surface area contributed by atoms with E-state index in [1.165, 1.54) is 0 Å². The SMILES string of the molecule is OCCCC(SC(F)(F)F)C(O)CCSC(F)(F)F. The number of alkyl halides is 6. The molecular formula is C9H14F6O2S2. The first kappa shape index (κ1) is 19.2. The fourth-order valence-corrected chi connectivity index (χ4v) is 2.79. The van der Waals surface area contributed by atoms with Crippen LogP contribution in [0.25, 0.3) is 0 Å². The fraction of sp³-hybridized carbons (Fsp3) is 1.00. The largest absolute Gasteiger partial charge is 0.442 e. The molecule has 0 amide bonds. The summed E-state index contributed by atoms with van der Waals surface area (Å²) in [7, 11) is 0. The molecule has 0 heterocycles. The van der Waals surface area contributed by atoms with Gasteiger partial charge in [-0.25, -0.2) is 0 Å². The van der Waals surface area contributed by atoms with E-state index in [2.05, 4.69) is 0 Å². The van der Waals surface area contributed by atoms with Crippen LogP contribution in [-0.2, 0) is 0 Å². The first-order valence-corrected chi connectivity index (χ1v) is 7.16. The Hall–Kier alpha value is 0.200. The summed E-state index contributed by atoms with van der Waals surface area (Å²) in [5.41, 5.74) is -9.03. The van der Waals surface area contributed by atoms with E-state index in [9.17, 15) is 31.4 Å². The summed E-state index contributed by atoms with van der Waals surface area (Å²) >= 11 is -0.823. The molecule has 116 valence electrons. The van der Waals surface area contributed by atoms with E-state index in [-0.39, 0.29) is 37.6 Å². The summed E-state index contributed by atoms with van der Waals surface area (Å²) in [5.74, 6) is -0.501. The van der Waals surface area contributed by atoms with Crippen molar-refractivity contribution < 1.29 is 36.6 Å². The van der Waals surface area contributed by atoms with Crippen molar-refractivity contribution in [2.45, 2.75) is 41.6 Å². The Morgan fingerprint density at radius 2 is 1.53 bits per heavy atom. The minimum absolute atomic E-state index is 0.0528. The number of halogens is 6. The van der Waals surface area contributed by atoms with Crippen LogP contribution in [0.3, 0.4) is 0 Å². The van der Waals surface area contributed by atoms with Crippen molar-refractivity contribution in [3.05, 3.63) is 0 Å². The smallest absolute Gasteiger partial charge is 0.396 e. The zero-order valence-electron chi connectivity index (χ0n) is 9.67.